The number of fused-ring (bicyclic) bond motifs is 1. The van der Waals surface area contributed by atoms with E-state index in [4.69, 9.17) is 16.3 Å². The van der Waals surface area contributed by atoms with E-state index in [0.29, 0.717) is 12.6 Å². The summed E-state index contributed by atoms with van der Waals surface area (Å²) < 4.78 is 5.39. The maximum Gasteiger partial charge on any atom is 0.140 e. The fourth-order valence-electron chi connectivity index (χ4n) is 4.93. The number of β-amino-alcohol motifs (C(OH)–C–C–N with tert-alkyl or cyclic N) is 1. The van der Waals surface area contributed by atoms with Crippen molar-refractivity contribution in [2.24, 2.45) is 0 Å². The zero-order valence-electron chi connectivity index (χ0n) is 18.8. The maximum atomic E-state index is 10.8. The van der Waals surface area contributed by atoms with Crippen molar-refractivity contribution in [2.45, 2.75) is 37.6 Å². The quantitative estimate of drug-likeness (QED) is 0.577. The molecule has 174 valence electrons. The number of hydrogen-bond acceptors (Lipinski definition) is 7. The molecule has 0 amide bonds. The molecular weight excluding hydrogens is 438 g/mol. The Hall–Kier alpha value is -2.45. The number of methoxy groups -OCH3 is 1. The molecule has 2 aliphatic heterocycles. The molecule has 33 heavy (non-hydrogen) atoms. The SMILES string of the molecule is COc1ccc2ncnc(N3CC(NC4CCN(Cc5ccc(Cl)cc5)CC4)[C@H](O)C3)c2c1. The van der Waals surface area contributed by atoms with Crippen molar-refractivity contribution in [3.05, 3.63) is 59.4 Å². The van der Waals surface area contributed by atoms with Gasteiger partial charge in [-0.15, -0.1) is 0 Å². The van der Waals surface area contributed by atoms with E-state index in [-0.39, 0.29) is 6.04 Å². The summed E-state index contributed by atoms with van der Waals surface area (Å²) in [6.07, 6.45) is 3.30. The Bertz CT molecular complexity index is 1090. The molecule has 2 atom stereocenters. The number of rotatable bonds is 6. The van der Waals surface area contributed by atoms with Gasteiger partial charge in [0.15, 0.2) is 0 Å². The Morgan fingerprint density at radius 3 is 2.64 bits per heavy atom. The monoisotopic (exact) mass is 467 g/mol. The van der Waals surface area contributed by atoms with E-state index >= 15 is 0 Å². The second-order valence-corrected chi connectivity index (χ2v) is 9.44. The molecule has 1 aromatic heterocycles. The molecule has 2 saturated heterocycles. The zero-order valence-corrected chi connectivity index (χ0v) is 19.6. The number of nitrogens with one attached hydrogen (secondary N) is 1. The molecule has 7 nitrogen and oxygen atoms in total. The van der Waals surface area contributed by atoms with Gasteiger partial charge in [0.25, 0.3) is 0 Å². The first-order chi connectivity index (χ1) is 16.1. The fraction of sp³-hybridized carbons (Fsp3) is 0.440. The lowest BCUT2D eigenvalue weighted by molar-refractivity contribution is 0.136. The minimum atomic E-state index is -0.437. The zero-order chi connectivity index (χ0) is 22.8. The standard InChI is InChI=1S/C25H30ClN5O2/c1-33-20-6-7-22-21(12-20)25(28-16-27-22)31-14-23(24(32)15-31)29-19-8-10-30(11-9-19)13-17-2-4-18(26)5-3-17/h2-7,12,16,19,23-24,29,32H,8-11,13-15H2,1H3/t23?,24-/m1/s1. The first kappa shape index (κ1) is 22.3. The number of hydrogen-bond donors (Lipinski definition) is 2. The van der Waals surface area contributed by atoms with E-state index in [1.807, 2.05) is 30.3 Å². The van der Waals surface area contributed by atoms with Crippen molar-refractivity contribution < 1.29 is 9.84 Å². The molecule has 2 aliphatic rings. The molecule has 3 aromatic rings. The largest absolute Gasteiger partial charge is 0.497 e. The molecule has 0 spiro atoms. The van der Waals surface area contributed by atoms with Gasteiger partial charge in [-0.2, -0.15) is 0 Å². The third-order valence-corrected chi connectivity index (χ3v) is 7.02. The number of aliphatic hydroxyl groups excluding tert-OH is 1. The van der Waals surface area contributed by atoms with Crippen LogP contribution in [0.3, 0.4) is 0 Å². The molecule has 2 fully saturated rings. The summed E-state index contributed by atoms with van der Waals surface area (Å²) in [6, 6.07) is 14.4. The number of piperidine rings is 1. The minimum Gasteiger partial charge on any atom is -0.497 e. The lowest BCUT2D eigenvalue weighted by Gasteiger charge is -2.34. The van der Waals surface area contributed by atoms with Crippen LogP contribution in [0.15, 0.2) is 48.8 Å². The minimum absolute atomic E-state index is 0.0217. The maximum absolute atomic E-state index is 10.8. The van der Waals surface area contributed by atoms with Crippen LogP contribution < -0.4 is 15.0 Å². The Morgan fingerprint density at radius 1 is 1.09 bits per heavy atom. The van der Waals surface area contributed by atoms with E-state index in [9.17, 15) is 5.11 Å². The second kappa shape index (κ2) is 9.81. The molecule has 2 aromatic carbocycles. The Balaban J connectivity index is 1.19. The number of nitrogens with zero attached hydrogens (tertiary/aromatic N) is 4. The van der Waals surface area contributed by atoms with Gasteiger partial charge < -0.3 is 20.1 Å². The van der Waals surface area contributed by atoms with Crippen LogP contribution in [0.25, 0.3) is 10.9 Å². The van der Waals surface area contributed by atoms with Gasteiger partial charge in [0.1, 0.15) is 17.9 Å². The van der Waals surface area contributed by atoms with Crippen LogP contribution in [0, 0.1) is 0 Å². The first-order valence-corrected chi connectivity index (χ1v) is 11.9. The van der Waals surface area contributed by atoms with Crippen molar-refractivity contribution in [3.8, 4) is 5.75 Å². The van der Waals surface area contributed by atoms with E-state index < -0.39 is 6.10 Å². The number of aliphatic hydroxyl groups is 1. The smallest absolute Gasteiger partial charge is 0.140 e. The van der Waals surface area contributed by atoms with Crippen LogP contribution in [-0.2, 0) is 6.54 Å². The summed E-state index contributed by atoms with van der Waals surface area (Å²) in [5.41, 5.74) is 2.17. The number of anilines is 1. The van der Waals surface area contributed by atoms with Gasteiger partial charge in [-0.05, 0) is 61.8 Å². The predicted octanol–water partition coefficient (Wildman–Crippen LogP) is 3.10. The average Bonchev–Trinajstić information content (AvgIpc) is 3.20. The molecule has 0 radical (unpaired) electrons. The molecule has 2 N–H and O–H groups in total. The van der Waals surface area contributed by atoms with Gasteiger partial charge in [-0.3, -0.25) is 4.90 Å². The lowest BCUT2D eigenvalue weighted by Crippen LogP contribution is -2.49. The normalized spacial score (nSPS) is 22.2. The van der Waals surface area contributed by atoms with E-state index in [1.165, 1.54) is 5.56 Å². The van der Waals surface area contributed by atoms with Gasteiger partial charge in [-0.1, -0.05) is 23.7 Å². The average molecular weight is 468 g/mol. The van der Waals surface area contributed by atoms with Gasteiger partial charge in [0, 0.05) is 36.1 Å². The second-order valence-electron chi connectivity index (χ2n) is 9.00. The topological polar surface area (TPSA) is 73.8 Å². The lowest BCUT2D eigenvalue weighted by atomic mass is 10.0. The van der Waals surface area contributed by atoms with Crippen LogP contribution in [-0.4, -0.2) is 71.5 Å². The third-order valence-electron chi connectivity index (χ3n) is 6.77. The highest BCUT2D eigenvalue weighted by molar-refractivity contribution is 6.30. The Kier molecular flexibility index (Phi) is 6.64. The molecule has 1 unspecified atom stereocenters. The summed E-state index contributed by atoms with van der Waals surface area (Å²) in [4.78, 5) is 13.6. The van der Waals surface area contributed by atoms with Crippen molar-refractivity contribution >= 4 is 28.3 Å². The third kappa shape index (κ3) is 5.06. The first-order valence-electron chi connectivity index (χ1n) is 11.5. The summed E-state index contributed by atoms with van der Waals surface area (Å²) in [5.74, 6) is 1.62. The predicted molar refractivity (Wildman–Crippen MR) is 131 cm³/mol. The van der Waals surface area contributed by atoms with Crippen LogP contribution >= 0.6 is 11.6 Å². The van der Waals surface area contributed by atoms with Crippen LogP contribution in [0.4, 0.5) is 5.82 Å². The number of aromatic nitrogens is 2. The molecule has 0 aliphatic carbocycles. The van der Waals surface area contributed by atoms with Gasteiger partial charge in [0.05, 0.1) is 24.8 Å². The molecule has 5 rings (SSSR count). The molecular formula is C25H30ClN5O2. The van der Waals surface area contributed by atoms with Crippen molar-refractivity contribution in [1.29, 1.82) is 0 Å². The van der Waals surface area contributed by atoms with Crippen LogP contribution in [0.1, 0.15) is 18.4 Å². The van der Waals surface area contributed by atoms with E-state index in [1.54, 1.807) is 13.4 Å². The fourth-order valence-corrected chi connectivity index (χ4v) is 5.06. The highest BCUT2D eigenvalue weighted by atomic mass is 35.5. The number of halogens is 1. The number of likely N-dealkylation sites (tertiary alicyclic amines) is 1. The van der Waals surface area contributed by atoms with E-state index in [0.717, 1.165) is 66.5 Å². The summed E-state index contributed by atoms with van der Waals surface area (Å²) in [6.45, 7) is 4.31. The van der Waals surface area contributed by atoms with Crippen molar-refractivity contribution in [3.63, 3.8) is 0 Å². The summed E-state index contributed by atoms with van der Waals surface area (Å²) in [5, 5.41) is 16.2. The van der Waals surface area contributed by atoms with Gasteiger partial charge >= 0.3 is 0 Å². The van der Waals surface area contributed by atoms with Gasteiger partial charge in [0.2, 0.25) is 0 Å². The van der Waals surface area contributed by atoms with Crippen molar-refractivity contribution in [2.75, 3.05) is 38.2 Å². The summed E-state index contributed by atoms with van der Waals surface area (Å²) in [7, 11) is 1.66. The Morgan fingerprint density at radius 2 is 1.88 bits per heavy atom. The highest BCUT2D eigenvalue weighted by Gasteiger charge is 2.34. The van der Waals surface area contributed by atoms with Gasteiger partial charge in [-0.25, -0.2) is 9.97 Å². The highest BCUT2D eigenvalue weighted by Crippen LogP contribution is 2.29. The molecule has 3 heterocycles. The number of ether oxygens (including phenoxy) is 1. The van der Waals surface area contributed by atoms with Crippen LogP contribution in [0.2, 0.25) is 5.02 Å². The molecule has 8 heteroatoms. The van der Waals surface area contributed by atoms with Crippen LogP contribution in [0.5, 0.6) is 5.75 Å². The Labute approximate surface area is 199 Å². The molecule has 0 saturated carbocycles. The summed E-state index contributed by atoms with van der Waals surface area (Å²) >= 11 is 6.00. The molecule has 0 bridgehead atoms. The van der Waals surface area contributed by atoms with E-state index in [2.05, 4.69) is 37.2 Å². The number of benzene rings is 2. The van der Waals surface area contributed by atoms with Crippen molar-refractivity contribution in [1.82, 2.24) is 20.2 Å².